The second-order valence-corrected chi connectivity index (χ2v) is 27.1. The molecule has 79 heavy (non-hydrogen) atoms. The van der Waals surface area contributed by atoms with Crippen molar-refractivity contribution in [3.8, 4) is 16.9 Å². The third-order valence-corrected chi connectivity index (χ3v) is 19.7. The maximum atomic E-state index is 13.0. The van der Waals surface area contributed by atoms with E-state index in [0.717, 1.165) is 63.8 Å². The van der Waals surface area contributed by atoms with Gasteiger partial charge in [0.2, 0.25) is 17.4 Å². The number of pyridine rings is 1. The van der Waals surface area contributed by atoms with Crippen LogP contribution in [0.3, 0.4) is 0 Å². The second kappa shape index (κ2) is 27.5. The van der Waals surface area contributed by atoms with Gasteiger partial charge in [-0.2, -0.15) is 0 Å². The molecular formula is C65H78N6O7Si. The van der Waals surface area contributed by atoms with Crippen molar-refractivity contribution in [3.05, 3.63) is 201 Å². The van der Waals surface area contributed by atoms with Crippen LogP contribution >= 0.6 is 0 Å². The number of anilines is 1. The van der Waals surface area contributed by atoms with Crippen LogP contribution in [0.4, 0.5) is 10.5 Å². The fraction of sp³-hybridized carbons (Fsp3) is 0.354. The van der Waals surface area contributed by atoms with Crippen molar-refractivity contribution in [2.75, 3.05) is 38.0 Å². The summed E-state index contributed by atoms with van der Waals surface area (Å²) in [5, 5.41) is 13.7. The maximum Gasteiger partial charge on any atom is 0.411 e. The molecule has 6 aromatic carbocycles. The monoisotopic (exact) mass is 1080 g/mol. The Morgan fingerprint density at radius 1 is 0.734 bits per heavy atom. The zero-order valence-corrected chi connectivity index (χ0v) is 47.7. The predicted octanol–water partition coefficient (Wildman–Crippen LogP) is 11.7. The first-order valence-corrected chi connectivity index (χ1v) is 30.7. The Morgan fingerprint density at radius 3 is 2.16 bits per heavy atom. The van der Waals surface area contributed by atoms with Gasteiger partial charge in [0.1, 0.15) is 18.5 Å². The molecule has 2 heterocycles. The van der Waals surface area contributed by atoms with Gasteiger partial charge in [-0.1, -0.05) is 154 Å². The Balaban J connectivity index is 0.738. The van der Waals surface area contributed by atoms with Gasteiger partial charge in [-0.15, -0.1) is 0 Å². The minimum Gasteiger partial charge on any atom is -0.487 e. The fourth-order valence-electron chi connectivity index (χ4n) is 9.70. The lowest BCUT2D eigenvalue weighted by Crippen LogP contribution is -2.44. The zero-order chi connectivity index (χ0) is 55.8. The summed E-state index contributed by atoms with van der Waals surface area (Å²) in [7, 11) is -2.25. The molecule has 1 aliphatic heterocycles. The van der Waals surface area contributed by atoms with Crippen molar-refractivity contribution in [3.63, 3.8) is 0 Å². The molecule has 0 radical (unpaired) electrons. The largest absolute Gasteiger partial charge is 0.487 e. The van der Waals surface area contributed by atoms with Gasteiger partial charge in [-0.25, -0.2) is 4.79 Å². The number of fused-ring (bicyclic) bond motifs is 1. The van der Waals surface area contributed by atoms with Crippen LogP contribution < -0.4 is 31.6 Å². The SMILES string of the molecule is CC(Cc1cccc(CCNC(=O)Cc2ccc(CNC(=O)CCN3CCC(OC(=O)Nc4ccccc4-c4ccccc4)CC3)cc2)c1)NCC(O[Si](C)(C)C(C)(C)C)c1ccc(OCc2ccccc2)c2[nH]c(=O)ccc12. The molecule has 0 saturated carbocycles. The van der Waals surface area contributed by atoms with Crippen LogP contribution in [0, 0.1) is 0 Å². The number of piperidine rings is 1. The van der Waals surface area contributed by atoms with E-state index in [4.69, 9.17) is 13.9 Å². The molecule has 7 aromatic rings. The molecule has 8 rings (SSSR count). The minimum atomic E-state index is -2.25. The number of carbonyl (C=O) groups is 3. The summed E-state index contributed by atoms with van der Waals surface area (Å²) < 4.78 is 19.2. The highest BCUT2D eigenvalue weighted by atomic mass is 28.4. The van der Waals surface area contributed by atoms with Crippen molar-refractivity contribution >= 4 is 42.8 Å². The minimum absolute atomic E-state index is 0.0175. The van der Waals surface area contributed by atoms with Crippen LogP contribution in [-0.4, -0.2) is 81.0 Å². The van der Waals surface area contributed by atoms with Crippen LogP contribution in [0.1, 0.15) is 86.4 Å². The number of ether oxygens (including phenoxy) is 2. The lowest BCUT2D eigenvalue weighted by Gasteiger charge is -2.40. The summed E-state index contributed by atoms with van der Waals surface area (Å²) in [6.45, 7) is 17.5. The number of benzene rings is 6. The fourth-order valence-corrected chi connectivity index (χ4v) is 11.0. The molecule has 0 aliphatic carbocycles. The van der Waals surface area contributed by atoms with Gasteiger partial charge in [-0.3, -0.25) is 19.7 Å². The highest BCUT2D eigenvalue weighted by Gasteiger charge is 2.40. The standard InChI is InChI=1S/C65H78N6O7Si/c1-46(67-44-59(78-79(5,6)65(2,3)4)55-28-30-58(63-56(55)29-31-61(73)70-63)76-45-50-16-9-7-10-17-50)40-51-19-15-18-47(41-51)32-36-66-62(74)42-48-24-26-49(27-25-48)43-68-60(72)35-39-71-37-33-53(34-38-71)77-64(75)69-57-23-14-13-22-54(57)52-20-11-8-12-21-52/h7-31,41,46,53,59,67H,32-40,42-45H2,1-6H3,(H,66,74)(H,68,72)(H,69,75)(H,70,73). The second-order valence-electron chi connectivity index (χ2n) is 22.3. The van der Waals surface area contributed by atoms with Crippen molar-refractivity contribution in [1.29, 1.82) is 0 Å². The van der Waals surface area contributed by atoms with E-state index in [9.17, 15) is 19.2 Å². The van der Waals surface area contributed by atoms with Gasteiger partial charge < -0.3 is 39.7 Å². The average molecular weight is 1080 g/mol. The van der Waals surface area contributed by atoms with Gasteiger partial charge in [0.05, 0.1) is 23.7 Å². The molecule has 2 atom stereocenters. The molecule has 414 valence electrons. The molecule has 5 N–H and O–H groups in total. The number of carbonyl (C=O) groups excluding carboxylic acids is 3. The van der Waals surface area contributed by atoms with E-state index in [0.29, 0.717) is 75.4 Å². The number of likely N-dealkylation sites (tertiary alicyclic amines) is 1. The Hall–Kier alpha value is -7.36. The van der Waals surface area contributed by atoms with Gasteiger partial charge in [0.15, 0.2) is 8.32 Å². The quantitative estimate of drug-likeness (QED) is 0.0371. The topological polar surface area (TPSA) is 163 Å². The molecule has 1 saturated heterocycles. The number of hydrogen-bond donors (Lipinski definition) is 5. The van der Waals surface area contributed by atoms with Crippen LogP contribution in [0.2, 0.25) is 18.1 Å². The van der Waals surface area contributed by atoms with Crippen LogP contribution in [0.15, 0.2) is 163 Å². The number of H-pyrrole nitrogens is 1. The smallest absolute Gasteiger partial charge is 0.411 e. The lowest BCUT2D eigenvalue weighted by atomic mass is 10.0. The third kappa shape index (κ3) is 17.1. The van der Waals surface area contributed by atoms with Crippen molar-refractivity contribution in [2.45, 2.75) is 116 Å². The molecule has 13 nitrogen and oxygen atoms in total. The molecular weight excluding hydrogens is 1000 g/mol. The van der Waals surface area contributed by atoms with Gasteiger partial charge in [-0.05, 0) is 108 Å². The number of aromatic amines is 1. The number of nitrogens with one attached hydrogen (secondary N) is 5. The highest BCUT2D eigenvalue weighted by molar-refractivity contribution is 6.74. The lowest BCUT2D eigenvalue weighted by molar-refractivity contribution is -0.122. The molecule has 2 unspecified atom stereocenters. The van der Waals surface area contributed by atoms with Gasteiger partial charge in [0, 0.05) is 68.7 Å². The van der Waals surface area contributed by atoms with Gasteiger partial charge >= 0.3 is 6.09 Å². The van der Waals surface area contributed by atoms with E-state index in [-0.39, 0.29) is 47.1 Å². The first-order chi connectivity index (χ1) is 38.0. The molecule has 0 spiro atoms. The Bertz CT molecular complexity index is 3170. The average Bonchev–Trinajstić information content (AvgIpc) is 3.52. The number of amides is 3. The number of rotatable bonds is 24. The Kier molecular flexibility index (Phi) is 20.1. The molecule has 1 fully saturated rings. The van der Waals surface area contributed by atoms with E-state index in [1.807, 2.05) is 121 Å². The number of aromatic nitrogens is 1. The van der Waals surface area contributed by atoms with Crippen LogP contribution in [0.5, 0.6) is 5.75 Å². The first kappa shape index (κ1) is 57.8. The molecule has 1 aliphatic rings. The first-order valence-electron chi connectivity index (χ1n) is 27.8. The Labute approximate surface area is 467 Å². The highest BCUT2D eigenvalue weighted by Crippen LogP contribution is 2.41. The summed E-state index contributed by atoms with van der Waals surface area (Å²) in [5.41, 5.74) is 9.41. The number of nitrogens with zero attached hydrogens (tertiary/aromatic N) is 1. The van der Waals surface area contributed by atoms with E-state index >= 15 is 0 Å². The third-order valence-electron chi connectivity index (χ3n) is 15.2. The summed E-state index contributed by atoms with van der Waals surface area (Å²) in [5.74, 6) is 0.557. The summed E-state index contributed by atoms with van der Waals surface area (Å²) in [6.07, 6.45) is 2.66. The van der Waals surface area contributed by atoms with E-state index in [1.54, 1.807) is 6.07 Å². The zero-order valence-electron chi connectivity index (χ0n) is 46.7. The maximum absolute atomic E-state index is 13.0. The number of para-hydroxylation sites is 1. The molecule has 0 bridgehead atoms. The Morgan fingerprint density at radius 2 is 1.42 bits per heavy atom. The normalized spacial score (nSPS) is 14.1. The summed E-state index contributed by atoms with van der Waals surface area (Å²) in [6, 6.07) is 51.6. The summed E-state index contributed by atoms with van der Waals surface area (Å²) in [4.78, 5) is 56.7. The van der Waals surface area contributed by atoms with E-state index < -0.39 is 14.4 Å². The van der Waals surface area contributed by atoms with E-state index in [1.165, 1.54) is 5.56 Å². The van der Waals surface area contributed by atoms with Crippen LogP contribution in [-0.2, 0) is 51.2 Å². The van der Waals surface area contributed by atoms with Crippen molar-refractivity contribution in [1.82, 2.24) is 25.8 Å². The van der Waals surface area contributed by atoms with Crippen molar-refractivity contribution < 1.29 is 28.3 Å². The summed E-state index contributed by atoms with van der Waals surface area (Å²) >= 11 is 0. The molecule has 3 amide bonds. The van der Waals surface area contributed by atoms with Gasteiger partial charge in [0.25, 0.3) is 0 Å². The molecule has 14 heteroatoms. The number of hydrogen-bond acceptors (Lipinski definition) is 9. The molecule has 1 aromatic heterocycles. The van der Waals surface area contributed by atoms with E-state index in [2.05, 4.69) is 102 Å². The van der Waals surface area contributed by atoms with Crippen LogP contribution in [0.25, 0.3) is 22.0 Å². The predicted molar refractivity (Wildman–Crippen MR) is 319 cm³/mol. The van der Waals surface area contributed by atoms with Crippen molar-refractivity contribution in [2.24, 2.45) is 0 Å².